The molecule has 4 rings (SSSR count). The molecule has 0 amide bonds. The van der Waals surface area contributed by atoms with Gasteiger partial charge in [-0.3, -0.25) is 9.61 Å². The van der Waals surface area contributed by atoms with Crippen LogP contribution in [0.4, 0.5) is 17.2 Å². The van der Waals surface area contributed by atoms with Crippen molar-refractivity contribution in [3.63, 3.8) is 0 Å². The van der Waals surface area contributed by atoms with Gasteiger partial charge in [-0.15, -0.1) is 0 Å². The van der Waals surface area contributed by atoms with E-state index in [0.29, 0.717) is 28.3 Å². The van der Waals surface area contributed by atoms with E-state index in [1.165, 1.54) is 11.6 Å². The number of rotatable bonds is 4. The van der Waals surface area contributed by atoms with Crippen molar-refractivity contribution in [3.8, 4) is 0 Å². The second-order valence-corrected chi connectivity index (χ2v) is 8.38. The van der Waals surface area contributed by atoms with Gasteiger partial charge in [-0.2, -0.15) is 0 Å². The maximum atomic E-state index is 11.6. The third kappa shape index (κ3) is 3.24. The van der Waals surface area contributed by atoms with Crippen molar-refractivity contribution in [2.24, 2.45) is 0 Å². The van der Waals surface area contributed by atoms with Gasteiger partial charge >= 0.3 is 0 Å². The van der Waals surface area contributed by atoms with Crippen molar-refractivity contribution >= 4 is 65.6 Å². The lowest BCUT2D eigenvalue weighted by atomic mass is 10.0. The minimum Gasteiger partial charge on any atom is -0.733 e. The number of nitrogens with one attached hydrogen (secondary N) is 1. The Hall–Kier alpha value is -2.20. The predicted molar refractivity (Wildman–Crippen MR) is 117 cm³/mol. The number of imidazole rings is 1. The first kappa shape index (κ1) is 19.1. The minimum atomic E-state index is -0.158. The molecule has 2 aromatic heterocycles. The topological polar surface area (TPSA) is 88.8 Å². The molecular weight excluding hydrogens is 490 g/mol. The fourth-order valence-electron chi connectivity index (χ4n) is 3.09. The second kappa shape index (κ2) is 7.32. The molecule has 2 heterocycles. The Morgan fingerprint density at radius 2 is 1.93 bits per heavy atom. The Morgan fingerprint density at radius 3 is 2.57 bits per heavy atom. The van der Waals surface area contributed by atoms with Crippen LogP contribution < -0.4 is 10.5 Å². The fourth-order valence-corrected chi connectivity index (χ4v) is 4.51. The highest BCUT2D eigenvalue weighted by Gasteiger charge is 2.16. The first-order valence-electron chi connectivity index (χ1n) is 8.53. The van der Waals surface area contributed by atoms with E-state index in [1.54, 1.807) is 29.1 Å². The fraction of sp³-hybridized carbons (Fsp3) is 0.158. The van der Waals surface area contributed by atoms with Crippen LogP contribution in [0.2, 0.25) is 0 Å². The van der Waals surface area contributed by atoms with Gasteiger partial charge in [-0.1, -0.05) is 19.9 Å². The van der Waals surface area contributed by atoms with Gasteiger partial charge in [0.25, 0.3) is 0 Å². The van der Waals surface area contributed by atoms with Crippen LogP contribution in [-0.4, -0.2) is 19.6 Å². The third-order valence-electron chi connectivity index (χ3n) is 4.53. The number of hydrogen-bond donors (Lipinski definition) is 2. The SMILES string of the molecule is CC(C)c1cc(Br)c(Nc2nc3cccc(N([O-])O)c3n3cncc23)c(Br)c1. The van der Waals surface area contributed by atoms with Crippen LogP contribution >= 0.6 is 31.9 Å². The zero-order chi connectivity index (χ0) is 20.0. The number of anilines is 3. The zero-order valence-electron chi connectivity index (χ0n) is 15.0. The summed E-state index contributed by atoms with van der Waals surface area (Å²) in [6.07, 6.45) is 3.24. The molecule has 0 bridgehead atoms. The van der Waals surface area contributed by atoms with Gasteiger partial charge in [0.15, 0.2) is 5.82 Å². The summed E-state index contributed by atoms with van der Waals surface area (Å²) in [6.45, 7) is 4.28. The van der Waals surface area contributed by atoms with Gasteiger partial charge < -0.3 is 15.8 Å². The summed E-state index contributed by atoms with van der Waals surface area (Å²) >= 11 is 7.27. The second-order valence-electron chi connectivity index (χ2n) is 6.67. The summed E-state index contributed by atoms with van der Waals surface area (Å²) in [5.74, 6) is 0.977. The molecule has 28 heavy (non-hydrogen) atoms. The van der Waals surface area contributed by atoms with Crippen LogP contribution in [-0.2, 0) is 0 Å². The van der Waals surface area contributed by atoms with E-state index >= 15 is 0 Å². The van der Waals surface area contributed by atoms with Crippen LogP contribution in [0, 0.1) is 5.21 Å². The molecule has 0 aliphatic heterocycles. The molecular formula is C19H16Br2N5O2-. The molecule has 7 nitrogen and oxygen atoms in total. The quantitative estimate of drug-likeness (QED) is 0.332. The van der Waals surface area contributed by atoms with Crippen LogP contribution in [0.3, 0.4) is 0 Å². The van der Waals surface area contributed by atoms with Crippen molar-refractivity contribution in [2.45, 2.75) is 19.8 Å². The first-order valence-corrected chi connectivity index (χ1v) is 10.1. The van der Waals surface area contributed by atoms with E-state index < -0.39 is 0 Å². The average Bonchev–Trinajstić information content (AvgIpc) is 3.13. The zero-order valence-corrected chi connectivity index (χ0v) is 18.2. The lowest BCUT2D eigenvalue weighted by Gasteiger charge is -2.23. The summed E-state index contributed by atoms with van der Waals surface area (Å²) in [6, 6.07) is 9.12. The largest absolute Gasteiger partial charge is 0.733 e. The highest BCUT2D eigenvalue weighted by molar-refractivity contribution is 9.11. The number of halogens is 2. The number of para-hydroxylation sites is 1. The molecule has 0 saturated heterocycles. The molecule has 0 fully saturated rings. The van der Waals surface area contributed by atoms with Crippen molar-refractivity contribution in [1.29, 1.82) is 0 Å². The van der Waals surface area contributed by atoms with Crippen LogP contribution in [0.15, 0.2) is 51.8 Å². The molecule has 0 spiro atoms. The smallest absolute Gasteiger partial charge is 0.157 e. The van der Waals surface area contributed by atoms with Crippen LogP contribution in [0.1, 0.15) is 25.3 Å². The monoisotopic (exact) mass is 504 g/mol. The molecule has 9 heteroatoms. The molecule has 2 aromatic carbocycles. The summed E-state index contributed by atoms with van der Waals surface area (Å²) in [5.41, 5.74) is 3.84. The normalized spacial score (nSPS) is 11.5. The summed E-state index contributed by atoms with van der Waals surface area (Å²) in [5, 5.41) is 24.2. The standard InChI is InChI=1S/C19H16Br2N5O2/c1-10(2)11-6-12(20)17(13(21)7-11)24-19-16-8-22-9-25(16)18-14(23-19)4-3-5-15(18)26(27)28/h3-10,27H,1-2H3,(H,23,24)/q-1. The molecule has 0 aliphatic carbocycles. The van der Waals surface area contributed by atoms with Crippen molar-refractivity contribution < 1.29 is 5.21 Å². The summed E-state index contributed by atoms with van der Waals surface area (Å²) in [7, 11) is 0. The molecule has 0 saturated carbocycles. The molecule has 144 valence electrons. The highest BCUT2D eigenvalue weighted by atomic mass is 79.9. The molecule has 4 aromatic rings. The summed E-state index contributed by atoms with van der Waals surface area (Å²) in [4.78, 5) is 8.86. The lowest BCUT2D eigenvalue weighted by Crippen LogP contribution is -2.10. The number of fused-ring (bicyclic) bond motifs is 3. The Kier molecular flexibility index (Phi) is 5.00. The Labute approximate surface area is 177 Å². The minimum absolute atomic E-state index is 0.100. The van der Waals surface area contributed by atoms with E-state index in [-0.39, 0.29) is 10.9 Å². The average molecular weight is 506 g/mol. The van der Waals surface area contributed by atoms with Crippen LogP contribution in [0.5, 0.6) is 0 Å². The lowest BCUT2D eigenvalue weighted by molar-refractivity contribution is 0.297. The molecule has 2 N–H and O–H groups in total. The van der Waals surface area contributed by atoms with Crippen molar-refractivity contribution in [2.75, 3.05) is 10.5 Å². The van der Waals surface area contributed by atoms with Crippen molar-refractivity contribution in [1.82, 2.24) is 14.4 Å². The Balaban J connectivity index is 1.90. The number of hydrogen-bond acceptors (Lipinski definition) is 6. The van der Waals surface area contributed by atoms with E-state index in [4.69, 9.17) is 0 Å². The maximum Gasteiger partial charge on any atom is 0.157 e. The molecule has 0 unspecified atom stereocenters. The molecule has 0 aliphatic rings. The molecule has 0 radical (unpaired) electrons. The van der Waals surface area contributed by atoms with E-state index in [1.807, 2.05) is 0 Å². The number of benzene rings is 2. The molecule has 0 atom stereocenters. The Bertz CT molecular complexity index is 1170. The van der Waals surface area contributed by atoms with E-state index in [9.17, 15) is 10.4 Å². The van der Waals surface area contributed by atoms with Crippen LogP contribution in [0.25, 0.3) is 16.6 Å². The maximum absolute atomic E-state index is 11.6. The number of aromatic nitrogens is 3. The Morgan fingerprint density at radius 1 is 1.21 bits per heavy atom. The van der Waals surface area contributed by atoms with Gasteiger partial charge in [0.1, 0.15) is 5.52 Å². The van der Waals surface area contributed by atoms with Gasteiger partial charge in [-0.25, -0.2) is 9.97 Å². The van der Waals surface area contributed by atoms with Gasteiger partial charge in [0.05, 0.1) is 34.9 Å². The van der Waals surface area contributed by atoms with E-state index in [0.717, 1.165) is 14.6 Å². The van der Waals surface area contributed by atoms with Gasteiger partial charge in [0.2, 0.25) is 0 Å². The first-order chi connectivity index (χ1) is 13.4. The van der Waals surface area contributed by atoms with Gasteiger partial charge in [-0.05, 0) is 67.6 Å². The summed E-state index contributed by atoms with van der Waals surface area (Å²) < 4.78 is 3.53. The number of nitrogens with zero attached hydrogens (tertiary/aromatic N) is 4. The van der Waals surface area contributed by atoms with E-state index in [2.05, 4.69) is 73.1 Å². The predicted octanol–water partition coefficient (Wildman–Crippen LogP) is 5.97. The van der Waals surface area contributed by atoms with Gasteiger partial charge in [0, 0.05) is 8.95 Å². The third-order valence-corrected chi connectivity index (χ3v) is 5.78. The van der Waals surface area contributed by atoms with Crippen molar-refractivity contribution in [3.05, 3.63) is 62.6 Å². The highest BCUT2D eigenvalue weighted by Crippen LogP contribution is 2.38.